The number of hydrogen-bond acceptors (Lipinski definition) is 1. The molecule has 1 heterocycles. The van der Waals surface area contributed by atoms with Crippen LogP contribution in [0.25, 0.3) is 0 Å². The van der Waals surface area contributed by atoms with E-state index in [9.17, 15) is 0 Å². The number of hydrogen-bond donors (Lipinski definition) is 0. The van der Waals surface area contributed by atoms with Gasteiger partial charge in [0.15, 0.2) is 0 Å². The van der Waals surface area contributed by atoms with Crippen molar-refractivity contribution in [2.24, 2.45) is 0 Å². The summed E-state index contributed by atoms with van der Waals surface area (Å²) in [5.41, 5.74) is 0. The van der Waals surface area contributed by atoms with E-state index in [0.29, 0.717) is 12.2 Å². The lowest BCUT2D eigenvalue weighted by atomic mass is 10.2. The van der Waals surface area contributed by atoms with Crippen molar-refractivity contribution in [2.75, 3.05) is 0 Å². The van der Waals surface area contributed by atoms with Crippen molar-refractivity contribution in [3.05, 3.63) is 12.2 Å². The van der Waals surface area contributed by atoms with Gasteiger partial charge in [0.25, 0.3) is 0 Å². The number of ether oxygens (including phenoxy) is 1. The van der Waals surface area contributed by atoms with Crippen LogP contribution in [-0.2, 0) is 4.74 Å². The Kier molecular flexibility index (Phi) is 8.11. The number of rotatable bonds is 4. The summed E-state index contributed by atoms with van der Waals surface area (Å²) in [6, 6.07) is 0. The average Bonchev–Trinajstić information content (AvgIpc) is 2.94. The molecule has 0 saturated carbocycles. The van der Waals surface area contributed by atoms with E-state index in [2.05, 4.69) is 39.8 Å². The molecular formula is C12H24O. The van der Waals surface area contributed by atoms with E-state index in [1.54, 1.807) is 0 Å². The van der Waals surface area contributed by atoms with Crippen LogP contribution in [-0.4, -0.2) is 12.2 Å². The summed E-state index contributed by atoms with van der Waals surface area (Å²) in [4.78, 5) is 0. The first-order valence-corrected chi connectivity index (χ1v) is 5.60. The van der Waals surface area contributed by atoms with Gasteiger partial charge in [-0.1, -0.05) is 39.8 Å². The zero-order valence-electron chi connectivity index (χ0n) is 9.55. The quantitative estimate of drug-likeness (QED) is 0.476. The first-order valence-electron chi connectivity index (χ1n) is 5.60. The zero-order valence-corrected chi connectivity index (χ0v) is 9.55. The van der Waals surface area contributed by atoms with E-state index in [4.69, 9.17) is 4.74 Å². The van der Waals surface area contributed by atoms with E-state index in [-0.39, 0.29) is 0 Å². The van der Waals surface area contributed by atoms with Gasteiger partial charge in [-0.2, -0.15) is 0 Å². The highest BCUT2D eigenvalue weighted by Gasteiger charge is 2.34. The molecule has 13 heavy (non-hydrogen) atoms. The van der Waals surface area contributed by atoms with Crippen LogP contribution in [0.4, 0.5) is 0 Å². The molecule has 1 aliphatic rings. The van der Waals surface area contributed by atoms with Gasteiger partial charge in [-0.25, -0.2) is 0 Å². The van der Waals surface area contributed by atoms with Gasteiger partial charge in [0, 0.05) is 0 Å². The minimum Gasteiger partial charge on any atom is -0.370 e. The molecule has 1 fully saturated rings. The highest BCUT2D eigenvalue weighted by molar-refractivity contribution is 4.81. The third kappa shape index (κ3) is 6.83. The average molecular weight is 184 g/mol. The van der Waals surface area contributed by atoms with Gasteiger partial charge in [-0.05, 0) is 25.7 Å². The second kappa shape index (κ2) is 8.31. The Morgan fingerprint density at radius 1 is 0.846 bits per heavy atom. The third-order valence-corrected chi connectivity index (χ3v) is 2.13. The van der Waals surface area contributed by atoms with Crippen LogP contribution in [0.2, 0.25) is 0 Å². The summed E-state index contributed by atoms with van der Waals surface area (Å²) < 4.78 is 5.22. The lowest BCUT2D eigenvalue weighted by Crippen LogP contribution is -1.87. The smallest absolute Gasteiger partial charge is 0.0839 e. The van der Waals surface area contributed by atoms with Gasteiger partial charge >= 0.3 is 0 Å². The van der Waals surface area contributed by atoms with E-state index in [1.807, 2.05) is 0 Å². The van der Waals surface area contributed by atoms with Crippen molar-refractivity contribution >= 4 is 0 Å². The van der Waals surface area contributed by atoms with Crippen molar-refractivity contribution in [1.29, 1.82) is 0 Å². The summed E-state index contributed by atoms with van der Waals surface area (Å²) in [5, 5.41) is 0. The lowest BCUT2D eigenvalue weighted by Gasteiger charge is -1.77. The molecule has 1 saturated heterocycles. The Morgan fingerprint density at radius 2 is 1.23 bits per heavy atom. The fraction of sp³-hybridized carbons (Fsp3) is 0.833. The topological polar surface area (TPSA) is 12.5 Å². The van der Waals surface area contributed by atoms with Crippen LogP contribution in [0.15, 0.2) is 12.2 Å². The Hall–Kier alpha value is -0.300. The van der Waals surface area contributed by atoms with Gasteiger partial charge in [-0.15, -0.1) is 0 Å². The minimum absolute atomic E-state index is 0.616. The number of allylic oxidation sites excluding steroid dienone is 2. The molecule has 2 atom stereocenters. The molecule has 0 amide bonds. The summed E-state index contributed by atoms with van der Waals surface area (Å²) in [6.07, 6.45) is 10.3. The normalized spacial score (nSPS) is 25.5. The van der Waals surface area contributed by atoms with Crippen LogP contribution < -0.4 is 0 Å². The van der Waals surface area contributed by atoms with Crippen LogP contribution in [0.5, 0.6) is 0 Å². The molecular weight excluding hydrogens is 160 g/mol. The Balaban J connectivity index is 0.000000226. The van der Waals surface area contributed by atoms with Crippen LogP contribution in [0.3, 0.4) is 0 Å². The van der Waals surface area contributed by atoms with Crippen LogP contribution in [0.1, 0.15) is 53.4 Å². The van der Waals surface area contributed by atoms with Crippen molar-refractivity contribution in [3.63, 3.8) is 0 Å². The molecule has 0 aromatic rings. The molecule has 78 valence electrons. The van der Waals surface area contributed by atoms with Crippen molar-refractivity contribution in [2.45, 2.75) is 65.6 Å². The summed E-state index contributed by atoms with van der Waals surface area (Å²) >= 11 is 0. The highest BCUT2D eigenvalue weighted by Crippen LogP contribution is 2.26. The molecule has 1 aliphatic heterocycles. The second-order valence-corrected chi connectivity index (χ2v) is 3.32. The Labute approximate surface area is 83.2 Å². The molecule has 0 bridgehead atoms. The molecule has 1 rings (SSSR count). The van der Waals surface area contributed by atoms with Gasteiger partial charge in [0.2, 0.25) is 0 Å². The van der Waals surface area contributed by atoms with Crippen LogP contribution >= 0.6 is 0 Å². The largest absolute Gasteiger partial charge is 0.370 e. The monoisotopic (exact) mass is 184 g/mol. The molecule has 1 nitrogen and oxygen atoms in total. The second-order valence-electron chi connectivity index (χ2n) is 3.32. The maximum absolute atomic E-state index is 5.22. The first kappa shape index (κ1) is 12.7. The predicted molar refractivity (Wildman–Crippen MR) is 59.0 cm³/mol. The number of epoxide rings is 1. The van der Waals surface area contributed by atoms with Crippen molar-refractivity contribution in [3.8, 4) is 0 Å². The fourth-order valence-corrected chi connectivity index (χ4v) is 1.23. The van der Waals surface area contributed by atoms with E-state index >= 15 is 0 Å². The Bertz CT molecular complexity index is 115. The molecule has 0 spiro atoms. The van der Waals surface area contributed by atoms with Crippen molar-refractivity contribution < 1.29 is 4.74 Å². The van der Waals surface area contributed by atoms with Gasteiger partial charge < -0.3 is 4.74 Å². The Morgan fingerprint density at radius 3 is 1.38 bits per heavy atom. The zero-order chi connectivity index (χ0) is 10.1. The predicted octanol–water partition coefficient (Wildman–Crippen LogP) is 3.94. The molecule has 1 heteroatoms. The molecule has 0 aliphatic carbocycles. The van der Waals surface area contributed by atoms with E-state index in [0.717, 1.165) is 0 Å². The molecule has 0 aromatic heterocycles. The molecule has 0 aromatic carbocycles. The molecule has 0 N–H and O–H groups in total. The lowest BCUT2D eigenvalue weighted by molar-refractivity contribution is 0.363. The standard InChI is InChI=1S/C6H12O.C6H12/c1-3-5-6(4-2)7-5;1-3-5-6-4-2/h5-6H,3-4H2,1-2H3;5-6H,3-4H2,1-2H3. The highest BCUT2D eigenvalue weighted by atomic mass is 16.6. The third-order valence-electron chi connectivity index (χ3n) is 2.13. The summed E-state index contributed by atoms with van der Waals surface area (Å²) in [5.74, 6) is 0. The maximum atomic E-state index is 5.22. The summed E-state index contributed by atoms with van der Waals surface area (Å²) in [7, 11) is 0. The van der Waals surface area contributed by atoms with E-state index < -0.39 is 0 Å². The maximum Gasteiger partial charge on any atom is 0.0839 e. The fourth-order valence-electron chi connectivity index (χ4n) is 1.23. The SMILES string of the molecule is CCC1OC1CC.CCC=CCC. The van der Waals surface area contributed by atoms with E-state index in [1.165, 1.54) is 25.7 Å². The first-order chi connectivity index (χ1) is 6.29. The van der Waals surface area contributed by atoms with Gasteiger partial charge in [0.1, 0.15) is 0 Å². The van der Waals surface area contributed by atoms with Gasteiger partial charge in [-0.3, -0.25) is 0 Å². The van der Waals surface area contributed by atoms with Crippen LogP contribution in [0, 0.1) is 0 Å². The minimum atomic E-state index is 0.616. The molecule has 0 radical (unpaired) electrons. The van der Waals surface area contributed by atoms with Gasteiger partial charge in [0.05, 0.1) is 12.2 Å². The molecule has 2 unspecified atom stereocenters. The summed E-state index contributed by atoms with van der Waals surface area (Å²) in [6.45, 7) is 8.62. The van der Waals surface area contributed by atoms with Crippen molar-refractivity contribution in [1.82, 2.24) is 0 Å².